The van der Waals surface area contributed by atoms with Crippen molar-refractivity contribution in [1.29, 1.82) is 0 Å². The molecular formula is C17H19NO2S. The molecule has 0 unspecified atom stereocenters. The van der Waals surface area contributed by atoms with E-state index in [-0.39, 0.29) is 4.90 Å². The molecule has 0 amide bonds. The van der Waals surface area contributed by atoms with E-state index in [4.69, 9.17) is 0 Å². The maximum absolute atomic E-state index is 12.2. The average Bonchev–Trinajstić information content (AvgIpc) is 2.46. The van der Waals surface area contributed by atoms with Crippen LogP contribution in [0.15, 0.2) is 57.8 Å². The van der Waals surface area contributed by atoms with Gasteiger partial charge in [-0.15, -0.1) is 0 Å². The number of sulfonamides is 1. The largest absolute Gasteiger partial charge is 0.282 e. The fourth-order valence-electron chi connectivity index (χ4n) is 2.00. The first kappa shape index (κ1) is 15.4. The molecule has 0 atom stereocenters. The Morgan fingerprint density at radius 2 is 1.62 bits per heavy atom. The first-order valence-electron chi connectivity index (χ1n) is 6.86. The Labute approximate surface area is 126 Å². The van der Waals surface area contributed by atoms with Crippen LogP contribution in [0.2, 0.25) is 0 Å². The van der Waals surface area contributed by atoms with Crippen LogP contribution in [0.1, 0.15) is 36.5 Å². The van der Waals surface area contributed by atoms with Crippen molar-refractivity contribution in [3.05, 3.63) is 65.2 Å². The van der Waals surface area contributed by atoms with Gasteiger partial charge in [-0.1, -0.05) is 56.3 Å². The van der Waals surface area contributed by atoms with Gasteiger partial charge in [0.2, 0.25) is 0 Å². The number of benzene rings is 2. The summed E-state index contributed by atoms with van der Waals surface area (Å²) in [6.07, 6.45) is 1.39. The van der Waals surface area contributed by atoms with Gasteiger partial charge in [0.1, 0.15) is 0 Å². The van der Waals surface area contributed by atoms with E-state index in [2.05, 4.69) is 18.2 Å². The molecular weight excluding hydrogens is 282 g/mol. The number of rotatable bonds is 4. The standard InChI is InChI=1S/C17H19NO2S/c1-13(2)16-10-8-15(9-11-16)12-18-21(19,20)17-7-5-4-6-14(17)3/h4-13H,1-3H3. The molecule has 0 aromatic heterocycles. The van der Waals surface area contributed by atoms with Crippen LogP contribution in [0.25, 0.3) is 0 Å². The molecule has 0 saturated carbocycles. The highest BCUT2D eigenvalue weighted by molar-refractivity contribution is 7.90. The summed E-state index contributed by atoms with van der Waals surface area (Å²) >= 11 is 0. The molecule has 0 radical (unpaired) electrons. The third kappa shape index (κ3) is 3.79. The van der Waals surface area contributed by atoms with Crippen molar-refractivity contribution in [1.82, 2.24) is 0 Å². The first-order valence-corrected chi connectivity index (χ1v) is 8.30. The summed E-state index contributed by atoms with van der Waals surface area (Å²) in [5.74, 6) is 0.451. The van der Waals surface area contributed by atoms with Gasteiger partial charge < -0.3 is 0 Å². The van der Waals surface area contributed by atoms with E-state index in [1.165, 1.54) is 11.8 Å². The smallest absolute Gasteiger partial charge is 0.199 e. The molecule has 2 aromatic carbocycles. The Bertz CT molecular complexity index is 745. The van der Waals surface area contributed by atoms with Gasteiger partial charge in [0.05, 0.1) is 4.90 Å². The Hall–Kier alpha value is -1.94. The SMILES string of the molecule is Cc1ccccc1S(=O)(=O)N=Cc1ccc(C(C)C)cc1. The highest BCUT2D eigenvalue weighted by atomic mass is 32.2. The Balaban J connectivity index is 2.26. The topological polar surface area (TPSA) is 46.5 Å². The summed E-state index contributed by atoms with van der Waals surface area (Å²) in [4.78, 5) is 0.250. The van der Waals surface area contributed by atoms with E-state index in [0.717, 1.165) is 5.56 Å². The summed E-state index contributed by atoms with van der Waals surface area (Å²) in [5, 5.41) is 0. The third-order valence-electron chi connectivity index (χ3n) is 3.32. The predicted octanol–water partition coefficient (Wildman–Crippen LogP) is 3.93. The van der Waals surface area contributed by atoms with E-state index >= 15 is 0 Å². The molecule has 0 fully saturated rings. The second-order valence-electron chi connectivity index (χ2n) is 5.30. The van der Waals surface area contributed by atoms with Gasteiger partial charge in [0, 0.05) is 6.21 Å². The second-order valence-corrected chi connectivity index (χ2v) is 6.90. The van der Waals surface area contributed by atoms with E-state index < -0.39 is 10.0 Å². The van der Waals surface area contributed by atoms with Crippen molar-refractivity contribution in [2.75, 3.05) is 0 Å². The lowest BCUT2D eigenvalue weighted by atomic mass is 10.0. The predicted molar refractivity (Wildman–Crippen MR) is 86.5 cm³/mol. The van der Waals surface area contributed by atoms with Crippen LogP contribution >= 0.6 is 0 Å². The van der Waals surface area contributed by atoms with Crippen molar-refractivity contribution in [3.8, 4) is 0 Å². The average molecular weight is 301 g/mol. The van der Waals surface area contributed by atoms with Crippen LogP contribution in [0.5, 0.6) is 0 Å². The number of aryl methyl sites for hydroxylation is 1. The second kappa shape index (κ2) is 6.22. The molecule has 21 heavy (non-hydrogen) atoms. The summed E-state index contributed by atoms with van der Waals surface area (Å²) in [6, 6.07) is 14.6. The van der Waals surface area contributed by atoms with Crippen molar-refractivity contribution in [2.24, 2.45) is 4.40 Å². The van der Waals surface area contributed by atoms with Gasteiger partial charge in [-0.05, 0) is 35.6 Å². The van der Waals surface area contributed by atoms with Gasteiger partial charge in [-0.2, -0.15) is 12.8 Å². The lowest BCUT2D eigenvalue weighted by molar-refractivity contribution is 0.597. The fourth-order valence-corrected chi connectivity index (χ4v) is 3.10. The number of hydrogen-bond acceptors (Lipinski definition) is 2. The Kier molecular flexibility index (Phi) is 4.58. The van der Waals surface area contributed by atoms with Crippen LogP contribution in [-0.4, -0.2) is 14.6 Å². The maximum atomic E-state index is 12.2. The Morgan fingerprint density at radius 3 is 2.19 bits per heavy atom. The molecule has 0 aliphatic heterocycles. The van der Waals surface area contributed by atoms with Crippen LogP contribution < -0.4 is 0 Å². The van der Waals surface area contributed by atoms with Crippen LogP contribution in [0.3, 0.4) is 0 Å². The van der Waals surface area contributed by atoms with Crippen LogP contribution in [0.4, 0.5) is 0 Å². The molecule has 0 spiro atoms. The number of nitrogens with zero attached hydrogens (tertiary/aromatic N) is 1. The molecule has 0 heterocycles. The van der Waals surface area contributed by atoms with Crippen molar-refractivity contribution < 1.29 is 8.42 Å². The first-order chi connectivity index (χ1) is 9.90. The summed E-state index contributed by atoms with van der Waals surface area (Å²) in [6.45, 7) is 6.00. The zero-order valence-corrected chi connectivity index (χ0v) is 13.3. The van der Waals surface area contributed by atoms with E-state index in [1.54, 1.807) is 25.1 Å². The highest BCUT2D eigenvalue weighted by Crippen LogP contribution is 2.17. The van der Waals surface area contributed by atoms with Gasteiger partial charge in [0.15, 0.2) is 0 Å². The minimum absolute atomic E-state index is 0.250. The number of hydrogen-bond donors (Lipinski definition) is 0. The Morgan fingerprint density at radius 1 is 1.00 bits per heavy atom. The van der Waals surface area contributed by atoms with Crippen LogP contribution in [-0.2, 0) is 10.0 Å². The summed E-state index contributed by atoms with van der Waals surface area (Å²) in [5.41, 5.74) is 2.69. The molecule has 0 N–H and O–H groups in total. The van der Waals surface area contributed by atoms with Crippen LogP contribution in [0, 0.1) is 6.92 Å². The lowest BCUT2D eigenvalue weighted by Crippen LogP contribution is -2.00. The zero-order chi connectivity index (χ0) is 15.5. The van der Waals surface area contributed by atoms with E-state index in [1.807, 2.05) is 30.3 Å². The van der Waals surface area contributed by atoms with Gasteiger partial charge in [0.25, 0.3) is 10.0 Å². The van der Waals surface area contributed by atoms with Gasteiger partial charge in [-0.25, -0.2) is 0 Å². The molecule has 0 bridgehead atoms. The van der Waals surface area contributed by atoms with E-state index in [9.17, 15) is 8.42 Å². The quantitative estimate of drug-likeness (QED) is 0.803. The third-order valence-corrected chi connectivity index (χ3v) is 4.71. The zero-order valence-electron chi connectivity index (χ0n) is 12.4. The van der Waals surface area contributed by atoms with Crippen molar-refractivity contribution >= 4 is 16.2 Å². The highest BCUT2D eigenvalue weighted by Gasteiger charge is 2.13. The molecule has 0 aliphatic carbocycles. The monoisotopic (exact) mass is 301 g/mol. The minimum atomic E-state index is -3.65. The molecule has 2 rings (SSSR count). The molecule has 3 nitrogen and oxygen atoms in total. The summed E-state index contributed by atoms with van der Waals surface area (Å²) < 4.78 is 28.2. The molecule has 2 aromatic rings. The van der Waals surface area contributed by atoms with Gasteiger partial charge >= 0.3 is 0 Å². The maximum Gasteiger partial charge on any atom is 0.282 e. The molecule has 0 aliphatic rings. The lowest BCUT2D eigenvalue weighted by Gasteiger charge is -2.05. The molecule has 0 saturated heterocycles. The van der Waals surface area contributed by atoms with Gasteiger partial charge in [-0.3, -0.25) is 0 Å². The summed E-state index contributed by atoms with van der Waals surface area (Å²) in [7, 11) is -3.65. The minimum Gasteiger partial charge on any atom is -0.199 e. The molecule has 110 valence electrons. The fraction of sp³-hybridized carbons (Fsp3) is 0.235. The van der Waals surface area contributed by atoms with Crippen molar-refractivity contribution in [3.63, 3.8) is 0 Å². The molecule has 4 heteroatoms. The normalized spacial score (nSPS) is 12.2. The van der Waals surface area contributed by atoms with E-state index in [0.29, 0.717) is 11.5 Å². The van der Waals surface area contributed by atoms with Crippen molar-refractivity contribution in [2.45, 2.75) is 31.6 Å².